The fourth-order valence-corrected chi connectivity index (χ4v) is 2.12. The number of aryl methyl sites for hydroxylation is 2. The molecular formula is C20H20N6. The predicted octanol–water partition coefficient (Wildman–Crippen LogP) is 3.99. The van der Waals surface area contributed by atoms with Crippen LogP contribution in [-0.4, -0.2) is 22.4 Å². The molecule has 0 atom stereocenters. The fraction of sp³-hybridized carbons (Fsp3) is 0.100. The lowest BCUT2D eigenvalue weighted by Crippen LogP contribution is -2.00. The van der Waals surface area contributed by atoms with E-state index in [-0.39, 0.29) is 0 Å². The molecule has 0 saturated carbocycles. The van der Waals surface area contributed by atoms with E-state index in [1.165, 1.54) is 11.1 Å². The summed E-state index contributed by atoms with van der Waals surface area (Å²) in [7, 11) is 0. The van der Waals surface area contributed by atoms with Gasteiger partial charge in [-0.15, -0.1) is 0 Å². The first-order valence-electron chi connectivity index (χ1n) is 8.23. The summed E-state index contributed by atoms with van der Waals surface area (Å²) in [5, 5.41) is 8.34. The van der Waals surface area contributed by atoms with Gasteiger partial charge < -0.3 is 0 Å². The Hall–Kier alpha value is -3.54. The number of hydrogen-bond donors (Lipinski definition) is 2. The molecule has 0 aliphatic rings. The predicted molar refractivity (Wildman–Crippen MR) is 107 cm³/mol. The molecule has 2 aromatic carbocycles. The molecule has 0 fully saturated rings. The Balaban J connectivity index is 1.57. The normalized spacial score (nSPS) is 11.2. The van der Waals surface area contributed by atoms with Crippen LogP contribution in [0.3, 0.4) is 0 Å². The number of benzene rings is 2. The Labute approximate surface area is 152 Å². The Morgan fingerprint density at radius 2 is 1.27 bits per heavy atom. The molecule has 0 spiro atoms. The zero-order chi connectivity index (χ0) is 18.2. The van der Waals surface area contributed by atoms with Crippen LogP contribution in [-0.2, 0) is 0 Å². The van der Waals surface area contributed by atoms with Crippen LogP contribution in [0.2, 0.25) is 0 Å². The van der Waals surface area contributed by atoms with Crippen molar-refractivity contribution in [3.05, 3.63) is 83.0 Å². The van der Waals surface area contributed by atoms with Crippen LogP contribution >= 0.6 is 0 Å². The highest BCUT2D eigenvalue weighted by molar-refractivity contribution is 5.80. The second-order valence-electron chi connectivity index (χ2n) is 5.83. The zero-order valence-corrected chi connectivity index (χ0v) is 14.7. The Morgan fingerprint density at radius 3 is 1.85 bits per heavy atom. The lowest BCUT2D eigenvalue weighted by Gasteiger charge is -2.02. The number of anilines is 2. The van der Waals surface area contributed by atoms with Crippen molar-refractivity contribution in [2.45, 2.75) is 13.8 Å². The second-order valence-corrected chi connectivity index (χ2v) is 5.83. The minimum absolute atomic E-state index is 0.392. The Morgan fingerprint density at radius 1 is 0.731 bits per heavy atom. The van der Waals surface area contributed by atoms with E-state index in [0.29, 0.717) is 11.8 Å². The molecule has 130 valence electrons. The quantitative estimate of drug-likeness (QED) is 0.524. The van der Waals surface area contributed by atoms with Gasteiger partial charge >= 0.3 is 0 Å². The molecular weight excluding hydrogens is 324 g/mol. The summed E-state index contributed by atoms with van der Waals surface area (Å²) in [4.78, 5) is 8.44. The van der Waals surface area contributed by atoms with E-state index in [9.17, 15) is 0 Å². The van der Waals surface area contributed by atoms with E-state index in [0.717, 1.165) is 11.1 Å². The summed E-state index contributed by atoms with van der Waals surface area (Å²) in [6.07, 6.45) is 5.10. The Kier molecular flexibility index (Phi) is 5.67. The van der Waals surface area contributed by atoms with Gasteiger partial charge in [-0.25, -0.2) is 10.4 Å². The van der Waals surface area contributed by atoms with E-state index in [4.69, 9.17) is 0 Å². The lowest BCUT2D eigenvalue weighted by molar-refractivity contribution is 1.10. The summed E-state index contributed by atoms with van der Waals surface area (Å²) >= 11 is 0. The van der Waals surface area contributed by atoms with E-state index >= 15 is 0 Å². The van der Waals surface area contributed by atoms with Gasteiger partial charge in [0.1, 0.15) is 0 Å². The molecule has 3 aromatic rings. The monoisotopic (exact) mass is 344 g/mol. The van der Waals surface area contributed by atoms with Crippen molar-refractivity contribution in [1.29, 1.82) is 0 Å². The highest BCUT2D eigenvalue weighted by Gasteiger charge is 1.96. The van der Waals surface area contributed by atoms with Gasteiger partial charge in [0.15, 0.2) is 5.82 Å². The molecule has 3 rings (SSSR count). The molecule has 6 heteroatoms. The van der Waals surface area contributed by atoms with Crippen LogP contribution in [0, 0.1) is 13.8 Å². The van der Waals surface area contributed by atoms with Crippen LogP contribution in [0.4, 0.5) is 11.8 Å². The molecule has 0 unspecified atom stereocenters. The Bertz CT molecular complexity index is 826. The largest absolute Gasteiger partial charge is 0.261 e. The molecule has 0 radical (unpaired) electrons. The first kappa shape index (κ1) is 17.3. The van der Waals surface area contributed by atoms with Crippen LogP contribution in [0.5, 0.6) is 0 Å². The summed E-state index contributed by atoms with van der Waals surface area (Å²) < 4.78 is 0. The van der Waals surface area contributed by atoms with Gasteiger partial charge in [0.25, 0.3) is 0 Å². The fourth-order valence-electron chi connectivity index (χ4n) is 2.12. The van der Waals surface area contributed by atoms with E-state index in [1.54, 1.807) is 24.7 Å². The highest BCUT2D eigenvalue weighted by atomic mass is 15.4. The average molecular weight is 344 g/mol. The zero-order valence-electron chi connectivity index (χ0n) is 14.7. The minimum Gasteiger partial charge on any atom is -0.261 e. The van der Waals surface area contributed by atoms with Crippen molar-refractivity contribution in [2.75, 3.05) is 10.9 Å². The molecule has 0 bridgehead atoms. The van der Waals surface area contributed by atoms with E-state index in [2.05, 4.69) is 37.9 Å². The van der Waals surface area contributed by atoms with Crippen LogP contribution < -0.4 is 10.9 Å². The summed E-state index contributed by atoms with van der Waals surface area (Å²) in [6, 6.07) is 17.9. The molecule has 1 aromatic heterocycles. The molecule has 0 aliphatic carbocycles. The van der Waals surface area contributed by atoms with Crippen molar-refractivity contribution in [3.8, 4) is 0 Å². The van der Waals surface area contributed by atoms with Gasteiger partial charge in [-0.3, -0.25) is 5.43 Å². The minimum atomic E-state index is 0.392. The standard InChI is InChI=1S/C20H20N6/c1-15-3-7-17(8-4-15)13-22-25-19-11-12-21-20(24-19)26-23-14-18-9-5-16(2)6-10-18/h3-14H,1-2H3,(H2,21,24,25,26)/b22-13+,23-14+. The average Bonchev–Trinajstić information content (AvgIpc) is 2.65. The van der Waals surface area contributed by atoms with Crippen LogP contribution in [0.15, 0.2) is 71.0 Å². The first-order valence-corrected chi connectivity index (χ1v) is 8.23. The molecule has 0 amide bonds. The maximum absolute atomic E-state index is 4.30. The molecule has 1 heterocycles. The molecule has 6 nitrogen and oxygen atoms in total. The molecule has 2 N–H and O–H groups in total. The number of hydrogen-bond acceptors (Lipinski definition) is 6. The smallest absolute Gasteiger partial charge is 0.245 e. The number of nitrogens with zero attached hydrogens (tertiary/aromatic N) is 4. The third-order valence-corrected chi connectivity index (χ3v) is 3.58. The van der Waals surface area contributed by atoms with Crippen molar-refractivity contribution >= 4 is 24.2 Å². The maximum atomic E-state index is 4.30. The second kappa shape index (κ2) is 8.53. The SMILES string of the molecule is Cc1ccc(/C=N/Nc2ccnc(N/N=C/c3ccc(C)cc3)n2)cc1. The summed E-state index contributed by atoms with van der Waals surface area (Å²) in [5.74, 6) is 0.972. The summed E-state index contributed by atoms with van der Waals surface area (Å²) in [6.45, 7) is 4.10. The maximum Gasteiger partial charge on any atom is 0.245 e. The van der Waals surface area contributed by atoms with Gasteiger partial charge in [0.2, 0.25) is 5.95 Å². The molecule has 26 heavy (non-hydrogen) atoms. The van der Waals surface area contributed by atoms with Gasteiger partial charge in [0.05, 0.1) is 12.4 Å². The van der Waals surface area contributed by atoms with Crippen molar-refractivity contribution in [3.63, 3.8) is 0 Å². The van der Waals surface area contributed by atoms with Crippen molar-refractivity contribution in [1.82, 2.24) is 9.97 Å². The number of nitrogens with one attached hydrogen (secondary N) is 2. The lowest BCUT2D eigenvalue weighted by atomic mass is 10.2. The number of hydrazone groups is 2. The van der Waals surface area contributed by atoms with Gasteiger partial charge in [-0.05, 0) is 25.0 Å². The van der Waals surface area contributed by atoms with E-state index < -0.39 is 0 Å². The topological polar surface area (TPSA) is 74.6 Å². The van der Waals surface area contributed by atoms with Crippen LogP contribution in [0.1, 0.15) is 22.3 Å². The van der Waals surface area contributed by atoms with Gasteiger partial charge in [-0.2, -0.15) is 15.2 Å². The third-order valence-electron chi connectivity index (χ3n) is 3.58. The highest BCUT2D eigenvalue weighted by Crippen LogP contribution is 2.06. The third kappa shape index (κ3) is 5.24. The molecule has 0 aliphatic heterocycles. The van der Waals surface area contributed by atoms with Crippen molar-refractivity contribution in [2.24, 2.45) is 10.2 Å². The number of rotatable bonds is 6. The van der Waals surface area contributed by atoms with Gasteiger partial charge in [-0.1, -0.05) is 59.7 Å². The number of aromatic nitrogens is 2. The van der Waals surface area contributed by atoms with Gasteiger partial charge in [0, 0.05) is 12.3 Å². The summed E-state index contributed by atoms with van der Waals surface area (Å²) in [5.41, 5.74) is 10.1. The van der Waals surface area contributed by atoms with E-state index in [1.807, 2.05) is 55.5 Å². The van der Waals surface area contributed by atoms with Crippen LogP contribution in [0.25, 0.3) is 0 Å². The van der Waals surface area contributed by atoms with Crippen molar-refractivity contribution < 1.29 is 0 Å². The molecule has 0 saturated heterocycles. The first-order chi connectivity index (χ1) is 12.7.